The van der Waals surface area contributed by atoms with E-state index in [0.29, 0.717) is 12.5 Å². The third-order valence-corrected chi connectivity index (χ3v) is 4.16. The molecule has 1 aliphatic carbocycles. The first-order chi connectivity index (χ1) is 8.59. The van der Waals surface area contributed by atoms with Crippen molar-refractivity contribution in [2.45, 2.75) is 19.3 Å². The average Bonchev–Trinajstić information content (AvgIpc) is 3.00. The Hall–Kier alpha value is -1.56. The summed E-state index contributed by atoms with van der Waals surface area (Å²) in [5.41, 5.74) is 6.07. The van der Waals surface area contributed by atoms with E-state index in [1.54, 1.807) is 11.3 Å². The number of carbonyl (C=O) groups excluding carboxylic acids is 2. The van der Waals surface area contributed by atoms with Crippen LogP contribution in [0.2, 0.25) is 0 Å². The van der Waals surface area contributed by atoms with E-state index in [4.69, 9.17) is 5.73 Å². The number of hydrogen-bond donors (Lipinski definition) is 2. The first-order valence-corrected chi connectivity index (χ1v) is 6.71. The van der Waals surface area contributed by atoms with Crippen LogP contribution in [-0.2, 0) is 9.53 Å². The highest BCUT2D eigenvalue weighted by molar-refractivity contribution is 7.10. The number of ether oxygens (including phenoxy) is 1. The highest BCUT2D eigenvalue weighted by Crippen LogP contribution is 2.50. The minimum absolute atomic E-state index is 0.0286. The molecular formula is C12H16N2O3S. The van der Waals surface area contributed by atoms with Crippen molar-refractivity contribution in [3.05, 3.63) is 21.9 Å². The molecule has 5 nitrogen and oxygen atoms in total. The topological polar surface area (TPSA) is 81.4 Å². The summed E-state index contributed by atoms with van der Waals surface area (Å²) in [5.74, 6) is 0.457. The van der Waals surface area contributed by atoms with Crippen LogP contribution in [0.15, 0.2) is 11.4 Å². The smallest absolute Gasteiger partial charge is 0.404 e. The fraction of sp³-hybridized carbons (Fsp3) is 0.500. The summed E-state index contributed by atoms with van der Waals surface area (Å²) in [6, 6.07) is 2.08. The Bertz CT molecular complexity index is 458. The van der Waals surface area contributed by atoms with E-state index in [2.05, 4.69) is 28.4 Å². The van der Waals surface area contributed by atoms with Gasteiger partial charge >= 0.3 is 6.09 Å². The molecule has 1 aromatic heterocycles. The highest BCUT2D eigenvalue weighted by atomic mass is 32.1. The molecule has 1 fully saturated rings. The van der Waals surface area contributed by atoms with Crippen LogP contribution in [0.5, 0.6) is 0 Å². The molecule has 2 rings (SSSR count). The van der Waals surface area contributed by atoms with Gasteiger partial charge in [-0.3, -0.25) is 4.79 Å². The van der Waals surface area contributed by atoms with Gasteiger partial charge in [0.1, 0.15) is 6.61 Å². The van der Waals surface area contributed by atoms with Gasteiger partial charge in [-0.15, -0.1) is 11.3 Å². The van der Waals surface area contributed by atoms with Gasteiger partial charge in [0.15, 0.2) is 0 Å². The van der Waals surface area contributed by atoms with Gasteiger partial charge in [0.2, 0.25) is 5.91 Å². The largest absolute Gasteiger partial charge is 0.448 e. The maximum Gasteiger partial charge on any atom is 0.404 e. The second kappa shape index (κ2) is 5.39. The second-order valence-electron chi connectivity index (χ2n) is 4.38. The summed E-state index contributed by atoms with van der Waals surface area (Å²) in [7, 11) is 0. The Morgan fingerprint density at radius 3 is 3.00 bits per heavy atom. The summed E-state index contributed by atoms with van der Waals surface area (Å²) >= 11 is 1.71. The Labute approximate surface area is 109 Å². The van der Waals surface area contributed by atoms with Crippen molar-refractivity contribution in [3.63, 3.8) is 0 Å². The minimum Gasteiger partial charge on any atom is -0.448 e. The molecule has 0 aliphatic heterocycles. The molecule has 0 saturated heterocycles. The molecule has 0 bridgehead atoms. The SMILES string of the molecule is Cc1ccsc1[C@H]1C[C@H]1C(=O)NCCOC(N)=O. The molecule has 0 radical (unpaired) electrons. The number of hydrogen-bond acceptors (Lipinski definition) is 4. The molecule has 1 aliphatic rings. The molecule has 0 unspecified atom stereocenters. The van der Waals surface area contributed by atoms with Crippen LogP contribution in [0, 0.1) is 12.8 Å². The van der Waals surface area contributed by atoms with Crippen molar-refractivity contribution in [2.24, 2.45) is 11.7 Å². The van der Waals surface area contributed by atoms with Gasteiger partial charge in [0, 0.05) is 16.7 Å². The van der Waals surface area contributed by atoms with Gasteiger partial charge in [-0.2, -0.15) is 0 Å². The lowest BCUT2D eigenvalue weighted by molar-refractivity contribution is -0.122. The maximum atomic E-state index is 11.8. The van der Waals surface area contributed by atoms with Gasteiger partial charge < -0.3 is 15.8 Å². The van der Waals surface area contributed by atoms with E-state index in [-0.39, 0.29) is 18.4 Å². The predicted molar refractivity (Wildman–Crippen MR) is 68.4 cm³/mol. The Morgan fingerprint density at radius 1 is 1.61 bits per heavy atom. The van der Waals surface area contributed by atoms with E-state index in [0.717, 1.165) is 6.42 Å². The van der Waals surface area contributed by atoms with Crippen LogP contribution in [0.3, 0.4) is 0 Å². The van der Waals surface area contributed by atoms with E-state index in [1.165, 1.54) is 10.4 Å². The quantitative estimate of drug-likeness (QED) is 0.791. The number of primary amides is 1. The maximum absolute atomic E-state index is 11.8. The Morgan fingerprint density at radius 2 is 2.39 bits per heavy atom. The first kappa shape index (κ1) is 12.9. The molecule has 6 heteroatoms. The number of aryl methyl sites for hydroxylation is 1. The highest BCUT2D eigenvalue weighted by Gasteiger charge is 2.45. The van der Waals surface area contributed by atoms with Crippen LogP contribution >= 0.6 is 11.3 Å². The zero-order chi connectivity index (χ0) is 13.1. The lowest BCUT2D eigenvalue weighted by Crippen LogP contribution is -2.30. The molecular weight excluding hydrogens is 252 g/mol. The van der Waals surface area contributed by atoms with Crippen molar-refractivity contribution < 1.29 is 14.3 Å². The molecule has 2 amide bonds. The molecule has 1 heterocycles. The van der Waals surface area contributed by atoms with Gasteiger partial charge in [0.25, 0.3) is 0 Å². The fourth-order valence-electron chi connectivity index (χ4n) is 2.00. The van der Waals surface area contributed by atoms with Gasteiger partial charge in [-0.05, 0) is 30.4 Å². The third kappa shape index (κ3) is 3.01. The van der Waals surface area contributed by atoms with Gasteiger partial charge in [-0.1, -0.05) is 0 Å². The van der Waals surface area contributed by atoms with E-state index in [1.807, 2.05) is 0 Å². The van der Waals surface area contributed by atoms with Crippen molar-refractivity contribution >= 4 is 23.3 Å². The standard InChI is InChI=1S/C12H16N2O3S/c1-7-2-5-18-10(7)8-6-9(8)11(15)14-3-4-17-12(13)16/h2,5,8-9H,3-4,6H2,1H3,(H2,13,16)(H,14,15)/t8-,9+/m0/s1. The van der Waals surface area contributed by atoms with Crippen LogP contribution < -0.4 is 11.1 Å². The molecule has 1 saturated carbocycles. The summed E-state index contributed by atoms with van der Waals surface area (Å²) in [4.78, 5) is 23.4. The molecule has 2 atom stereocenters. The molecule has 0 aromatic carbocycles. The van der Waals surface area contributed by atoms with Gasteiger partial charge in [-0.25, -0.2) is 4.79 Å². The van der Waals surface area contributed by atoms with Crippen LogP contribution in [0.1, 0.15) is 22.8 Å². The summed E-state index contributed by atoms with van der Waals surface area (Å²) in [5, 5.41) is 4.80. The van der Waals surface area contributed by atoms with Crippen molar-refractivity contribution in [1.82, 2.24) is 5.32 Å². The minimum atomic E-state index is -0.817. The first-order valence-electron chi connectivity index (χ1n) is 5.83. The zero-order valence-electron chi connectivity index (χ0n) is 10.1. The summed E-state index contributed by atoms with van der Waals surface area (Å²) in [6.07, 6.45) is 0.0897. The number of nitrogens with one attached hydrogen (secondary N) is 1. The Balaban J connectivity index is 1.73. The third-order valence-electron chi connectivity index (χ3n) is 3.01. The van der Waals surface area contributed by atoms with Crippen molar-refractivity contribution in [3.8, 4) is 0 Å². The number of nitrogens with two attached hydrogens (primary N) is 1. The summed E-state index contributed by atoms with van der Waals surface area (Å²) in [6.45, 7) is 2.50. The Kier molecular flexibility index (Phi) is 3.86. The van der Waals surface area contributed by atoms with Crippen molar-refractivity contribution in [2.75, 3.05) is 13.2 Å². The van der Waals surface area contributed by atoms with Crippen LogP contribution in [0.25, 0.3) is 0 Å². The molecule has 18 heavy (non-hydrogen) atoms. The molecule has 98 valence electrons. The number of thiophene rings is 1. The molecule has 3 N–H and O–H groups in total. The van der Waals surface area contributed by atoms with Crippen molar-refractivity contribution in [1.29, 1.82) is 0 Å². The molecule has 0 spiro atoms. The lowest BCUT2D eigenvalue weighted by Gasteiger charge is -2.04. The van der Waals surface area contributed by atoms with E-state index in [9.17, 15) is 9.59 Å². The average molecular weight is 268 g/mol. The molecule has 1 aromatic rings. The van der Waals surface area contributed by atoms with E-state index < -0.39 is 6.09 Å². The van der Waals surface area contributed by atoms with Crippen LogP contribution in [-0.4, -0.2) is 25.2 Å². The number of amides is 2. The van der Waals surface area contributed by atoms with Crippen LogP contribution in [0.4, 0.5) is 4.79 Å². The monoisotopic (exact) mass is 268 g/mol. The predicted octanol–water partition coefficient (Wildman–Crippen LogP) is 1.37. The zero-order valence-corrected chi connectivity index (χ0v) is 11.0. The second-order valence-corrected chi connectivity index (χ2v) is 5.32. The van der Waals surface area contributed by atoms with Gasteiger partial charge in [0.05, 0.1) is 6.54 Å². The van der Waals surface area contributed by atoms with E-state index >= 15 is 0 Å². The lowest BCUT2D eigenvalue weighted by atomic mass is 10.2. The summed E-state index contributed by atoms with van der Waals surface area (Å²) < 4.78 is 4.54. The fourth-order valence-corrected chi connectivity index (χ4v) is 3.10. The number of rotatable bonds is 5. The normalized spacial score (nSPS) is 21.4. The number of carbonyl (C=O) groups is 2.